The molecule has 5 aromatic rings. The number of nitrogens with zero attached hydrogens (tertiary/aromatic N) is 7. The highest BCUT2D eigenvalue weighted by Crippen LogP contribution is 2.30. The molecule has 1 aliphatic rings. The van der Waals surface area contributed by atoms with Crippen LogP contribution in [0.15, 0.2) is 36.9 Å². The highest BCUT2D eigenvalue weighted by molar-refractivity contribution is 6.42. The number of aromatic nitrogens is 7. The predicted molar refractivity (Wildman–Crippen MR) is 141 cm³/mol. The monoisotopic (exact) mass is 561 g/mol. The molecule has 10 nitrogen and oxygen atoms in total. The Kier molecular flexibility index (Phi) is 6.12. The van der Waals surface area contributed by atoms with E-state index in [0.717, 1.165) is 5.52 Å². The first kappa shape index (κ1) is 24.8. The van der Waals surface area contributed by atoms with E-state index in [-0.39, 0.29) is 5.60 Å². The molecule has 1 saturated heterocycles. The van der Waals surface area contributed by atoms with Gasteiger partial charge in [0.05, 0.1) is 64.1 Å². The summed E-state index contributed by atoms with van der Waals surface area (Å²) in [4.78, 5) is 19.4. The molecule has 0 aliphatic carbocycles. The molecule has 0 unspecified atom stereocenters. The van der Waals surface area contributed by atoms with Crippen molar-refractivity contribution in [1.82, 2.24) is 34.1 Å². The van der Waals surface area contributed by atoms with Crippen LogP contribution in [0.25, 0.3) is 27.9 Å². The first-order chi connectivity index (χ1) is 18.2. The summed E-state index contributed by atoms with van der Waals surface area (Å²) >= 11 is 12.3. The van der Waals surface area contributed by atoms with Gasteiger partial charge < -0.3 is 19.9 Å². The lowest BCUT2D eigenvalue weighted by Crippen LogP contribution is -2.48. The number of halogens is 4. The van der Waals surface area contributed by atoms with E-state index in [9.17, 15) is 8.78 Å². The molecule has 2 N–H and O–H groups in total. The van der Waals surface area contributed by atoms with Gasteiger partial charge in [-0.3, -0.25) is 4.40 Å². The van der Waals surface area contributed by atoms with E-state index in [1.165, 1.54) is 12.4 Å². The van der Waals surface area contributed by atoms with E-state index in [1.807, 2.05) is 24.4 Å². The van der Waals surface area contributed by atoms with E-state index < -0.39 is 6.55 Å². The standard InChI is InChI=1S/C24H23Cl2F2N9O/c1-24(2)12-35(3-4-38-24)20-11-36-18(13-7-31-37(10-13)23(27)28)8-30-22(36)21(34-20)29-9-19-32-16-5-14(25)15(26)6-17(16)33-19/h5-8,10-11,23H,3-4,9,12H2,1-2H3,(H,29,34)(H,32,33). The Labute approximate surface area is 225 Å². The van der Waals surface area contributed by atoms with E-state index in [0.29, 0.717) is 80.8 Å². The molecule has 0 amide bonds. The van der Waals surface area contributed by atoms with Crippen molar-refractivity contribution in [2.75, 3.05) is 29.9 Å². The highest BCUT2D eigenvalue weighted by Gasteiger charge is 2.29. The molecular weight excluding hydrogens is 539 g/mol. The topological polar surface area (TPSA) is 101 Å². The van der Waals surface area contributed by atoms with Crippen LogP contribution in [0.1, 0.15) is 26.2 Å². The summed E-state index contributed by atoms with van der Waals surface area (Å²) in [5, 5.41) is 7.97. The molecule has 5 heterocycles. The zero-order chi connectivity index (χ0) is 26.6. The van der Waals surface area contributed by atoms with E-state index in [1.54, 1.807) is 18.3 Å². The molecule has 0 saturated carbocycles. The molecule has 1 aromatic carbocycles. The van der Waals surface area contributed by atoms with Crippen molar-refractivity contribution in [1.29, 1.82) is 0 Å². The minimum Gasteiger partial charge on any atom is -0.372 e. The van der Waals surface area contributed by atoms with Gasteiger partial charge in [-0.25, -0.2) is 19.6 Å². The van der Waals surface area contributed by atoms with E-state index >= 15 is 0 Å². The number of ether oxygens (including phenoxy) is 1. The maximum absolute atomic E-state index is 13.2. The van der Waals surface area contributed by atoms with Gasteiger partial charge in [0.1, 0.15) is 11.6 Å². The number of morpholine rings is 1. The first-order valence-electron chi connectivity index (χ1n) is 11.8. The summed E-state index contributed by atoms with van der Waals surface area (Å²) < 4.78 is 34.7. The summed E-state index contributed by atoms with van der Waals surface area (Å²) in [5.41, 5.74) is 2.75. The third-order valence-corrected chi connectivity index (χ3v) is 7.04. The van der Waals surface area contributed by atoms with Gasteiger partial charge in [-0.05, 0) is 26.0 Å². The third kappa shape index (κ3) is 4.63. The number of H-pyrrole nitrogens is 1. The van der Waals surface area contributed by atoms with Gasteiger partial charge in [-0.2, -0.15) is 13.9 Å². The largest absolute Gasteiger partial charge is 0.372 e. The van der Waals surface area contributed by atoms with Gasteiger partial charge in [0, 0.05) is 24.8 Å². The Morgan fingerprint density at radius 2 is 1.97 bits per heavy atom. The Morgan fingerprint density at radius 3 is 2.74 bits per heavy atom. The van der Waals surface area contributed by atoms with Crippen molar-refractivity contribution in [3.05, 3.63) is 52.8 Å². The van der Waals surface area contributed by atoms with Crippen molar-refractivity contribution < 1.29 is 13.5 Å². The fraction of sp³-hybridized carbons (Fsp3) is 0.333. The lowest BCUT2D eigenvalue weighted by molar-refractivity contribution is -0.0279. The highest BCUT2D eigenvalue weighted by atomic mass is 35.5. The van der Waals surface area contributed by atoms with E-state index in [4.69, 9.17) is 32.9 Å². The Hall–Kier alpha value is -3.48. The van der Waals surface area contributed by atoms with Crippen LogP contribution in [-0.4, -0.2) is 59.4 Å². The second-order valence-corrected chi connectivity index (χ2v) is 10.4. The Bertz CT molecular complexity index is 1610. The summed E-state index contributed by atoms with van der Waals surface area (Å²) in [7, 11) is 0. The van der Waals surface area contributed by atoms with Gasteiger partial charge in [0.2, 0.25) is 0 Å². The van der Waals surface area contributed by atoms with Gasteiger partial charge in [-0.1, -0.05) is 23.2 Å². The number of aromatic amines is 1. The van der Waals surface area contributed by atoms with Gasteiger partial charge in [-0.15, -0.1) is 0 Å². The minimum atomic E-state index is -2.73. The molecule has 0 atom stereocenters. The average molecular weight is 562 g/mol. The number of fused-ring (bicyclic) bond motifs is 2. The zero-order valence-electron chi connectivity index (χ0n) is 20.4. The molecule has 0 radical (unpaired) electrons. The molecule has 0 spiro atoms. The second kappa shape index (κ2) is 9.37. The predicted octanol–water partition coefficient (Wildman–Crippen LogP) is 5.40. The fourth-order valence-electron chi connectivity index (χ4n) is 4.56. The van der Waals surface area contributed by atoms with Crippen LogP contribution in [0.2, 0.25) is 10.0 Å². The summed E-state index contributed by atoms with van der Waals surface area (Å²) in [5.74, 6) is 1.86. The van der Waals surface area contributed by atoms with Gasteiger partial charge in [0.15, 0.2) is 11.5 Å². The van der Waals surface area contributed by atoms with Crippen molar-refractivity contribution in [2.45, 2.75) is 32.5 Å². The van der Waals surface area contributed by atoms with Crippen LogP contribution >= 0.6 is 23.2 Å². The number of anilines is 2. The van der Waals surface area contributed by atoms with Crippen LogP contribution in [-0.2, 0) is 11.3 Å². The lowest BCUT2D eigenvalue weighted by atomic mass is 10.1. The normalized spacial score (nSPS) is 15.7. The Morgan fingerprint density at radius 1 is 1.16 bits per heavy atom. The number of alkyl halides is 2. The van der Waals surface area contributed by atoms with Crippen LogP contribution in [0.4, 0.5) is 20.4 Å². The zero-order valence-corrected chi connectivity index (χ0v) is 21.9. The number of hydrogen-bond acceptors (Lipinski definition) is 7. The molecule has 0 bridgehead atoms. The molecule has 1 aliphatic heterocycles. The smallest absolute Gasteiger partial charge is 0.333 e. The molecule has 14 heteroatoms. The van der Waals surface area contributed by atoms with Crippen LogP contribution < -0.4 is 10.2 Å². The SMILES string of the molecule is CC1(C)CN(c2cn3c(-c4cnn(C(F)F)c4)cnc3c(NCc3nc4cc(Cl)c(Cl)cc4[nH]3)n2)CCO1. The van der Waals surface area contributed by atoms with Crippen molar-refractivity contribution in [3.8, 4) is 11.3 Å². The van der Waals surface area contributed by atoms with Crippen LogP contribution in [0.5, 0.6) is 0 Å². The average Bonchev–Trinajstić information content (AvgIpc) is 3.60. The maximum atomic E-state index is 13.2. The summed E-state index contributed by atoms with van der Waals surface area (Å²) in [6, 6.07) is 3.43. The number of nitrogens with one attached hydrogen (secondary N) is 2. The maximum Gasteiger partial charge on any atom is 0.333 e. The minimum absolute atomic E-state index is 0.316. The number of rotatable bonds is 6. The number of hydrogen-bond donors (Lipinski definition) is 2. The first-order valence-corrected chi connectivity index (χ1v) is 12.6. The van der Waals surface area contributed by atoms with Crippen LogP contribution in [0.3, 0.4) is 0 Å². The number of benzene rings is 1. The molecule has 198 valence electrons. The Balaban J connectivity index is 1.39. The van der Waals surface area contributed by atoms with Crippen molar-refractivity contribution in [2.24, 2.45) is 0 Å². The summed E-state index contributed by atoms with van der Waals surface area (Å²) in [6.45, 7) is 3.47. The van der Waals surface area contributed by atoms with Gasteiger partial charge in [0.25, 0.3) is 0 Å². The van der Waals surface area contributed by atoms with Gasteiger partial charge >= 0.3 is 6.55 Å². The second-order valence-electron chi connectivity index (χ2n) is 9.62. The van der Waals surface area contributed by atoms with E-state index in [2.05, 4.69) is 30.3 Å². The molecule has 38 heavy (non-hydrogen) atoms. The van der Waals surface area contributed by atoms with Crippen molar-refractivity contribution in [3.63, 3.8) is 0 Å². The fourth-order valence-corrected chi connectivity index (χ4v) is 4.88. The molecular formula is C24H23Cl2F2N9O. The third-order valence-electron chi connectivity index (χ3n) is 6.32. The molecule has 6 rings (SSSR count). The van der Waals surface area contributed by atoms with Crippen LogP contribution in [0, 0.1) is 0 Å². The molecule has 4 aromatic heterocycles. The molecule has 1 fully saturated rings. The number of imidazole rings is 2. The summed E-state index contributed by atoms with van der Waals surface area (Å²) in [6.07, 6.45) is 6.16. The lowest BCUT2D eigenvalue weighted by Gasteiger charge is -2.38. The quantitative estimate of drug-likeness (QED) is 0.286. The van der Waals surface area contributed by atoms with Crippen molar-refractivity contribution >= 4 is 51.5 Å².